The van der Waals surface area contributed by atoms with Crippen LogP contribution in [0.1, 0.15) is 26.2 Å². The van der Waals surface area contributed by atoms with E-state index in [4.69, 9.17) is 0 Å². The number of carbonyl (C=O) groups excluding carboxylic acids is 1. The molecule has 8 heteroatoms. The zero-order valence-electron chi connectivity index (χ0n) is 9.69. The summed E-state index contributed by atoms with van der Waals surface area (Å²) in [5, 5.41) is 0.566. The number of halogens is 1. The number of hydrogen-bond acceptors (Lipinski definition) is 4. The minimum Gasteiger partial charge on any atom is -0.449 e. The first kappa shape index (κ1) is 14.7. The maximum absolute atomic E-state index is 11.9. The minimum atomic E-state index is -3.79. The summed E-state index contributed by atoms with van der Waals surface area (Å²) in [6, 6.07) is -0.101. The van der Waals surface area contributed by atoms with Gasteiger partial charge in [-0.2, -0.15) is 12.7 Å². The summed E-state index contributed by atoms with van der Waals surface area (Å²) in [6.07, 6.45) is 1.69. The van der Waals surface area contributed by atoms with Gasteiger partial charge in [-0.05, 0) is 19.8 Å². The zero-order valence-corrected chi connectivity index (χ0v) is 12.1. The Hall–Kier alpha value is -0.340. The quantitative estimate of drug-likeness (QED) is 0.787. The number of carbonyl (C=O) groups is 1. The number of nitrogens with zero attached hydrogens (tertiary/aromatic N) is 1. The predicted molar refractivity (Wildman–Crippen MR) is 67.2 cm³/mol. The molecule has 17 heavy (non-hydrogen) atoms. The molecule has 1 amide bonds. The monoisotopic (exact) mass is 328 g/mol. The smallest absolute Gasteiger partial charge is 0.421 e. The molecule has 1 aliphatic rings. The Balaban J connectivity index is 2.70. The second-order valence-corrected chi connectivity index (χ2v) is 6.01. The average Bonchev–Trinajstić information content (AvgIpc) is 2.28. The van der Waals surface area contributed by atoms with Gasteiger partial charge < -0.3 is 4.74 Å². The van der Waals surface area contributed by atoms with E-state index < -0.39 is 16.3 Å². The standard InChI is InChI=1S/C9H17BrN2O4S/c1-2-16-9(13)11-17(14,15)12-6-4-3-5-8(12)7-10/h8H,2-7H2,1H3,(H,11,13). The average molecular weight is 329 g/mol. The summed E-state index contributed by atoms with van der Waals surface area (Å²) in [6.45, 7) is 2.20. The van der Waals surface area contributed by atoms with Crippen LogP contribution in [0.2, 0.25) is 0 Å². The van der Waals surface area contributed by atoms with Crippen LogP contribution in [-0.4, -0.2) is 43.3 Å². The van der Waals surface area contributed by atoms with E-state index in [1.54, 1.807) is 6.92 Å². The molecule has 1 N–H and O–H groups in total. The molecule has 1 atom stereocenters. The fourth-order valence-electron chi connectivity index (χ4n) is 1.77. The Morgan fingerprint density at radius 2 is 2.24 bits per heavy atom. The fourth-order valence-corrected chi connectivity index (χ4v) is 3.96. The number of alkyl halides is 1. The second-order valence-electron chi connectivity index (χ2n) is 3.74. The molecule has 0 radical (unpaired) electrons. The van der Waals surface area contributed by atoms with E-state index in [1.165, 1.54) is 4.31 Å². The first-order chi connectivity index (χ1) is 8.01. The van der Waals surface area contributed by atoms with E-state index in [0.29, 0.717) is 11.9 Å². The third-order valence-corrected chi connectivity index (χ3v) is 4.82. The van der Waals surface area contributed by atoms with Crippen molar-refractivity contribution in [2.24, 2.45) is 0 Å². The Labute approximate surface area is 110 Å². The molecule has 1 aliphatic heterocycles. The highest BCUT2D eigenvalue weighted by atomic mass is 79.9. The van der Waals surface area contributed by atoms with Gasteiger partial charge in [0.2, 0.25) is 0 Å². The van der Waals surface area contributed by atoms with Gasteiger partial charge >= 0.3 is 16.3 Å². The molecule has 6 nitrogen and oxygen atoms in total. The van der Waals surface area contributed by atoms with E-state index in [9.17, 15) is 13.2 Å². The largest absolute Gasteiger partial charge is 0.449 e. The molecule has 0 spiro atoms. The van der Waals surface area contributed by atoms with Crippen LogP contribution in [0.15, 0.2) is 0 Å². The van der Waals surface area contributed by atoms with Gasteiger partial charge in [-0.15, -0.1) is 0 Å². The summed E-state index contributed by atoms with van der Waals surface area (Å²) in [7, 11) is -3.79. The van der Waals surface area contributed by atoms with E-state index >= 15 is 0 Å². The lowest BCUT2D eigenvalue weighted by atomic mass is 10.1. The Bertz CT molecular complexity index is 360. The summed E-state index contributed by atoms with van der Waals surface area (Å²) >= 11 is 3.29. The van der Waals surface area contributed by atoms with Gasteiger partial charge in [-0.1, -0.05) is 22.4 Å². The highest BCUT2D eigenvalue weighted by Gasteiger charge is 2.32. The van der Waals surface area contributed by atoms with Crippen molar-refractivity contribution >= 4 is 32.2 Å². The van der Waals surface area contributed by atoms with Crippen molar-refractivity contribution in [3.63, 3.8) is 0 Å². The second kappa shape index (κ2) is 6.55. The van der Waals surface area contributed by atoms with Gasteiger partial charge in [-0.25, -0.2) is 9.52 Å². The van der Waals surface area contributed by atoms with Crippen LogP contribution in [-0.2, 0) is 14.9 Å². The van der Waals surface area contributed by atoms with Crippen molar-refractivity contribution in [3.05, 3.63) is 0 Å². The van der Waals surface area contributed by atoms with Crippen molar-refractivity contribution < 1.29 is 17.9 Å². The number of amides is 1. The topological polar surface area (TPSA) is 75.7 Å². The summed E-state index contributed by atoms with van der Waals surface area (Å²) < 4.78 is 31.7. The van der Waals surface area contributed by atoms with Gasteiger partial charge in [0.25, 0.3) is 0 Å². The zero-order chi connectivity index (χ0) is 12.9. The van der Waals surface area contributed by atoms with E-state index in [1.807, 2.05) is 4.72 Å². The van der Waals surface area contributed by atoms with Crippen LogP contribution in [0.3, 0.4) is 0 Å². The molecule has 0 saturated carbocycles. The van der Waals surface area contributed by atoms with Crippen molar-refractivity contribution in [1.82, 2.24) is 9.03 Å². The molecule has 1 fully saturated rings. The summed E-state index contributed by atoms with van der Waals surface area (Å²) in [5.74, 6) is 0. The molecular weight excluding hydrogens is 312 g/mol. The van der Waals surface area contributed by atoms with Gasteiger partial charge in [-0.3, -0.25) is 0 Å². The molecule has 0 aromatic heterocycles. The Morgan fingerprint density at radius 1 is 1.53 bits per heavy atom. The van der Waals surface area contributed by atoms with E-state index in [2.05, 4.69) is 20.7 Å². The van der Waals surface area contributed by atoms with Crippen LogP contribution in [0.25, 0.3) is 0 Å². The van der Waals surface area contributed by atoms with Gasteiger partial charge in [0.15, 0.2) is 0 Å². The molecule has 0 aromatic carbocycles. The number of piperidine rings is 1. The molecule has 1 saturated heterocycles. The van der Waals surface area contributed by atoms with E-state index in [0.717, 1.165) is 19.3 Å². The molecule has 1 rings (SSSR count). The number of hydrogen-bond donors (Lipinski definition) is 1. The van der Waals surface area contributed by atoms with Crippen molar-refractivity contribution in [2.75, 3.05) is 18.5 Å². The summed E-state index contributed by atoms with van der Waals surface area (Å²) in [5.41, 5.74) is 0. The third kappa shape index (κ3) is 4.11. The first-order valence-corrected chi connectivity index (χ1v) is 8.09. The predicted octanol–water partition coefficient (Wildman–Crippen LogP) is 1.23. The normalized spacial score (nSPS) is 22.1. The maximum Gasteiger partial charge on any atom is 0.421 e. The van der Waals surface area contributed by atoms with Crippen molar-refractivity contribution in [1.29, 1.82) is 0 Å². The fraction of sp³-hybridized carbons (Fsp3) is 0.889. The van der Waals surface area contributed by atoms with Gasteiger partial charge in [0.1, 0.15) is 0 Å². The molecular formula is C9H17BrN2O4S. The molecule has 1 unspecified atom stereocenters. The SMILES string of the molecule is CCOC(=O)NS(=O)(=O)N1CCCCC1CBr. The lowest BCUT2D eigenvalue weighted by molar-refractivity contribution is 0.157. The van der Waals surface area contributed by atoms with Crippen molar-refractivity contribution in [2.45, 2.75) is 32.2 Å². The first-order valence-electron chi connectivity index (χ1n) is 5.53. The van der Waals surface area contributed by atoms with Crippen LogP contribution < -0.4 is 4.72 Å². The number of ether oxygens (including phenoxy) is 1. The maximum atomic E-state index is 11.9. The number of rotatable bonds is 4. The molecule has 1 heterocycles. The van der Waals surface area contributed by atoms with Crippen LogP contribution in [0.5, 0.6) is 0 Å². The molecule has 0 aliphatic carbocycles. The van der Waals surface area contributed by atoms with Gasteiger partial charge in [0.05, 0.1) is 6.61 Å². The van der Waals surface area contributed by atoms with Crippen LogP contribution in [0.4, 0.5) is 4.79 Å². The Kier molecular flexibility index (Phi) is 5.68. The molecule has 0 aromatic rings. The Morgan fingerprint density at radius 3 is 2.82 bits per heavy atom. The highest BCUT2D eigenvalue weighted by Crippen LogP contribution is 2.21. The highest BCUT2D eigenvalue weighted by molar-refractivity contribution is 9.09. The third-order valence-electron chi connectivity index (χ3n) is 2.55. The van der Waals surface area contributed by atoms with Crippen molar-refractivity contribution in [3.8, 4) is 0 Å². The summed E-state index contributed by atoms with van der Waals surface area (Å²) in [4.78, 5) is 11.1. The molecule has 100 valence electrons. The molecule has 0 bridgehead atoms. The lowest BCUT2D eigenvalue weighted by Gasteiger charge is -2.33. The van der Waals surface area contributed by atoms with E-state index in [-0.39, 0.29) is 12.6 Å². The minimum absolute atomic E-state index is 0.101. The van der Waals surface area contributed by atoms with Gasteiger partial charge in [0, 0.05) is 17.9 Å². The number of nitrogens with one attached hydrogen (secondary N) is 1. The van der Waals surface area contributed by atoms with Crippen LogP contribution in [0, 0.1) is 0 Å². The lowest BCUT2D eigenvalue weighted by Crippen LogP contribution is -2.51. The van der Waals surface area contributed by atoms with Crippen LogP contribution >= 0.6 is 15.9 Å².